The minimum atomic E-state index is -4.39. The number of likely N-dealkylation sites (N-methyl/N-ethyl adjacent to an activating group) is 1. The molecule has 31 heavy (non-hydrogen) atoms. The van der Waals surface area contributed by atoms with Gasteiger partial charge in [0.25, 0.3) is 0 Å². The number of aromatic nitrogens is 1. The molecule has 2 amide bonds. The number of amides is 2. The van der Waals surface area contributed by atoms with Crippen molar-refractivity contribution in [3.63, 3.8) is 0 Å². The molecule has 0 radical (unpaired) electrons. The van der Waals surface area contributed by atoms with Crippen LogP contribution in [0.4, 0.5) is 13.2 Å². The molecule has 1 aromatic heterocycles. The standard InChI is InChI=1S/C22H25F3N4O2/c1-29(20(31)14-27-21(10-11-21)22(23,24)25)15-19(30)28-18(16-7-3-2-4-8-16)13-17-9-5-6-12-26-17/h2-9,12,18,27H,10-11,13-15H2,1H3,(H,28,30). The van der Waals surface area contributed by atoms with Crippen LogP contribution in [0.3, 0.4) is 0 Å². The number of rotatable bonds is 9. The molecule has 0 spiro atoms. The van der Waals surface area contributed by atoms with Crippen LogP contribution in [0.25, 0.3) is 0 Å². The molecular formula is C22H25F3N4O2. The molecule has 0 saturated heterocycles. The fraction of sp³-hybridized carbons (Fsp3) is 0.409. The smallest absolute Gasteiger partial charge is 0.347 e. The highest BCUT2D eigenvalue weighted by atomic mass is 19.4. The molecule has 3 rings (SSSR count). The van der Waals surface area contributed by atoms with Crippen LogP contribution in [-0.4, -0.2) is 53.6 Å². The summed E-state index contributed by atoms with van der Waals surface area (Å²) in [4.78, 5) is 30.2. The second-order valence-corrected chi connectivity index (χ2v) is 7.74. The number of nitrogens with one attached hydrogen (secondary N) is 2. The molecule has 6 nitrogen and oxygen atoms in total. The van der Waals surface area contributed by atoms with Crippen molar-refractivity contribution in [3.8, 4) is 0 Å². The first-order valence-corrected chi connectivity index (χ1v) is 10.0. The Labute approximate surface area is 178 Å². The van der Waals surface area contributed by atoms with Crippen molar-refractivity contribution >= 4 is 11.8 Å². The fourth-order valence-corrected chi connectivity index (χ4v) is 3.27. The predicted molar refractivity (Wildman–Crippen MR) is 109 cm³/mol. The summed E-state index contributed by atoms with van der Waals surface area (Å²) in [5, 5.41) is 5.21. The summed E-state index contributed by atoms with van der Waals surface area (Å²) in [5.41, 5.74) is -0.280. The quantitative estimate of drug-likeness (QED) is 0.637. The lowest BCUT2D eigenvalue weighted by Gasteiger charge is -2.24. The van der Waals surface area contributed by atoms with Crippen molar-refractivity contribution in [2.75, 3.05) is 20.1 Å². The van der Waals surface area contributed by atoms with Crippen LogP contribution in [0.2, 0.25) is 0 Å². The van der Waals surface area contributed by atoms with Gasteiger partial charge in [-0.3, -0.25) is 19.9 Å². The molecule has 1 aromatic carbocycles. The summed E-state index contributed by atoms with van der Waals surface area (Å²) in [6.07, 6.45) is -2.34. The first-order chi connectivity index (χ1) is 14.7. The predicted octanol–water partition coefficient (Wildman–Crippen LogP) is 2.62. The second-order valence-electron chi connectivity index (χ2n) is 7.74. The summed E-state index contributed by atoms with van der Waals surface area (Å²) < 4.78 is 39.0. The van der Waals surface area contributed by atoms with E-state index in [-0.39, 0.29) is 25.4 Å². The van der Waals surface area contributed by atoms with Gasteiger partial charge in [0.2, 0.25) is 11.8 Å². The molecule has 1 fully saturated rings. The van der Waals surface area contributed by atoms with Crippen LogP contribution < -0.4 is 10.6 Å². The van der Waals surface area contributed by atoms with Gasteiger partial charge in [0.1, 0.15) is 5.54 Å². The van der Waals surface area contributed by atoms with Gasteiger partial charge in [0.05, 0.1) is 19.1 Å². The minimum Gasteiger partial charge on any atom is -0.347 e. The summed E-state index contributed by atoms with van der Waals surface area (Å²) in [5.74, 6) is -0.982. The van der Waals surface area contributed by atoms with Crippen molar-refractivity contribution in [3.05, 3.63) is 66.0 Å². The van der Waals surface area contributed by atoms with Crippen molar-refractivity contribution in [2.24, 2.45) is 0 Å². The van der Waals surface area contributed by atoms with Crippen LogP contribution in [0.15, 0.2) is 54.7 Å². The zero-order valence-electron chi connectivity index (χ0n) is 17.2. The molecule has 9 heteroatoms. The summed E-state index contributed by atoms with van der Waals surface area (Å²) in [7, 11) is 1.40. The minimum absolute atomic E-state index is 0.0414. The number of halogens is 3. The number of alkyl halides is 3. The summed E-state index contributed by atoms with van der Waals surface area (Å²) in [6.45, 7) is -0.732. The number of pyridine rings is 1. The third-order valence-corrected chi connectivity index (χ3v) is 5.35. The van der Waals surface area contributed by atoms with Crippen molar-refractivity contribution < 1.29 is 22.8 Å². The maximum Gasteiger partial charge on any atom is 0.406 e. The Bertz CT molecular complexity index is 887. The van der Waals surface area contributed by atoms with Gasteiger partial charge in [-0.1, -0.05) is 36.4 Å². The molecule has 166 valence electrons. The highest BCUT2D eigenvalue weighted by Gasteiger charge is 2.63. The van der Waals surface area contributed by atoms with Crippen molar-refractivity contribution in [1.29, 1.82) is 0 Å². The third kappa shape index (κ3) is 6.04. The van der Waals surface area contributed by atoms with Gasteiger partial charge in [-0.25, -0.2) is 0 Å². The van der Waals surface area contributed by atoms with E-state index in [0.717, 1.165) is 16.2 Å². The van der Waals surface area contributed by atoms with E-state index < -0.39 is 30.1 Å². The molecule has 1 unspecified atom stereocenters. The van der Waals surface area contributed by atoms with Gasteiger partial charge in [-0.05, 0) is 30.5 Å². The van der Waals surface area contributed by atoms with Gasteiger partial charge < -0.3 is 10.2 Å². The van der Waals surface area contributed by atoms with Crippen LogP contribution in [-0.2, 0) is 16.0 Å². The van der Waals surface area contributed by atoms with Crippen molar-refractivity contribution in [1.82, 2.24) is 20.5 Å². The van der Waals surface area contributed by atoms with Crippen LogP contribution in [0.1, 0.15) is 30.1 Å². The first-order valence-electron chi connectivity index (χ1n) is 10.0. The average molecular weight is 434 g/mol. The van der Waals surface area contributed by atoms with Gasteiger partial charge in [-0.2, -0.15) is 13.2 Å². The Morgan fingerprint density at radius 3 is 2.39 bits per heavy atom. The Morgan fingerprint density at radius 2 is 1.81 bits per heavy atom. The molecule has 0 bridgehead atoms. The molecule has 2 N–H and O–H groups in total. The highest BCUT2D eigenvalue weighted by molar-refractivity contribution is 5.85. The number of benzene rings is 1. The van der Waals surface area contributed by atoms with E-state index in [1.54, 1.807) is 12.3 Å². The molecule has 2 aromatic rings. The number of nitrogens with zero attached hydrogens (tertiary/aromatic N) is 2. The third-order valence-electron chi connectivity index (χ3n) is 5.35. The van der Waals surface area contributed by atoms with Crippen LogP contribution in [0, 0.1) is 0 Å². The zero-order chi connectivity index (χ0) is 22.5. The lowest BCUT2D eigenvalue weighted by molar-refractivity contribution is -0.166. The number of hydrogen-bond donors (Lipinski definition) is 2. The number of carbonyl (C=O) groups is 2. The van der Waals surface area contributed by atoms with Gasteiger partial charge in [0, 0.05) is 25.4 Å². The van der Waals surface area contributed by atoms with E-state index >= 15 is 0 Å². The largest absolute Gasteiger partial charge is 0.406 e. The Morgan fingerprint density at radius 1 is 1.13 bits per heavy atom. The molecule has 1 atom stereocenters. The van der Waals surface area contributed by atoms with Gasteiger partial charge in [-0.15, -0.1) is 0 Å². The molecule has 1 aliphatic rings. The zero-order valence-corrected chi connectivity index (χ0v) is 17.2. The molecule has 1 saturated carbocycles. The van der Waals surface area contributed by atoms with E-state index in [2.05, 4.69) is 15.6 Å². The van der Waals surface area contributed by atoms with Gasteiger partial charge >= 0.3 is 6.18 Å². The number of hydrogen-bond acceptors (Lipinski definition) is 4. The van der Waals surface area contributed by atoms with Crippen LogP contribution in [0.5, 0.6) is 0 Å². The second kappa shape index (κ2) is 9.47. The normalized spacial score (nSPS) is 15.7. The Balaban J connectivity index is 1.56. The highest BCUT2D eigenvalue weighted by Crippen LogP contribution is 2.48. The Hall–Kier alpha value is -2.94. The van der Waals surface area contributed by atoms with Crippen molar-refractivity contribution in [2.45, 2.75) is 37.0 Å². The van der Waals surface area contributed by atoms with E-state index in [4.69, 9.17) is 0 Å². The average Bonchev–Trinajstić information content (AvgIpc) is 3.54. The van der Waals surface area contributed by atoms with E-state index in [1.165, 1.54) is 7.05 Å². The summed E-state index contributed by atoms with van der Waals surface area (Å²) >= 11 is 0. The van der Waals surface area contributed by atoms with E-state index in [9.17, 15) is 22.8 Å². The topological polar surface area (TPSA) is 74.3 Å². The molecular weight excluding hydrogens is 409 g/mol. The lowest BCUT2D eigenvalue weighted by atomic mass is 10.0. The first kappa shape index (κ1) is 22.7. The van der Waals surface area contributed by atoms with E-state index in [1.807, 2.05) is 42.5 Å². The van der Waals surface area contributed by atoms with Crippen LogP contribution >= 0.6 is 0 Å². The molecule has 1 heterocycles. The van der Waals surface area contributed by atoms with Gasteiger partial charge in [0.15, 0.2) is 0 Å². The fourth-order valence-electron chi connectivity index (χ4n) is 3.27. The lowest BCUT2D eigenvalue weighted by Crippen LogP contribution is -2.50. The maximum absolute atomic E-state index is 13.0. The summed E-state index contributed by atoms with van der Waals surface area (Å²) in [6, 6.07) is 14.5. The number of carbonyl (C=O) groups excluding carboxylic acids is 2. The SMILES string of the molecule is CN(CC(=O)NC(Cc1ccccn1)c1ccccc1)C(=O)CNC1(C(F)(F)F)CC1. The Kier molecular flexibility index (Phi) is 6.94. The monoisotopic (exact) mass is 434 g/mol. The van der Waals surface area contributed by atoms with E-state index in [0.29, 0.717) is 6.42 Å². The maximum atomic E-state index is 13.0. The molecule has 1 aliphatic carbocycles. The molecule has 0 aliphatic heterocycles.